The van der Waals surface area contributed by atoms with Gasteiger partial charge in [-0.3, -0.25) is 0 Å². The van der Waals surface area contributed by atoms with Crippen molar-refractivity contribution in [1.29, 1.82) is 0 Å². The average molecular weight is 226 g/mol. The maximum absolute atomic E-state index is 13.5. The van der Waals surface area contributed by atoms with E-state index in [1.807, 2.05) is 0 Å². The third-order valence-electron chi connectivity index (χ3n) is 1.80. The van der Waals surface area contributed by atoms with E-state index in [-0.39, 0.29) is 5.56 Å². The number of hydrogen-bond donors (Lipinski definition) is 0. The molecule has 0 saturated heterocycles. The number of carbonyl (C=O) groups excluding carboxylic acids is 1. The lowest BCUT2D eigenvalue weighted by molar-refractivity contribution is 0.00647. The highest BCUT2D eigenvalue weighted by molar-refractivity contribution is 5.90. The van der Waals surface area contributed by atoms with Crippen molar-refractivity contribution < 1.29 is 18.7 Å². The molecule has 1 aromatic carbocycles. The van der Waals surface area contributed by atoms with E-state index >= 15 is 0 Å². The van der Waals surface area contributed by atoms with Gasteiger partial charge in [0.1, 0.15) is 17.2 Å². The van der Waals surface area contributed by atoms with Crippen molar-refractivity contribution in [1.82, 2.24) is 0 Å². The zero-order valence-corrected chi connectivity index (χ0v) is 9.83. The van der Waals surface area contributed by atoms with E-state index < -0.39 is 17.4 Å². The molecule has 16 heavy (non-hydrogen) atoms. The molecule has 1 aromatic rings. The predicted octanol–water partition coefficient (Wildman–Crippen LogP) is 2.79. The number of carbonyl (C=O) groups is 1. The van der Waals surface area contributed by atoms with E-state index in [4.69, 9.17) is 9.47 Å². The normalized spacial score (nSPS) is 11.1. The first-order valence-electron chi connectivity index (χ1n) is 4.90. The molecule has 0 aromatic heterocycles. The van der Waals surface area contributed by atoms with Crippen LogP contribution in [0, 0.1) is 5.82 Å². The van der Waals surface area contributed by atoms with Gasteiger partial charge in [0.25, 0.3) is 0 Å². The summed E-state index contributed by atoms with van der Waals surface area (Å²) in [7, 11) is 1.43. The summed E-state index contributed by atoms with van der Waals surface area (Å²) < 4.78 is 23.4. The summed E-state index contributed by atoms with van der Waals surface area (Å²) in [6, 6.07) is 4.02. The number of hydrogen-bond acceptors (Lipinski definition) is 3. The van der Waals surface area contributed by atoms with Crippen molar-refractivity contribution in [3.8, 4) is 5.75 Å². The van der Waals surface area contributed by atoms with Crippen molar-refractivity contribution in [2.75, 3.05) is 7.11 Å². The minimum absolute atomic E-state index is 0.0873. The van der Waals surface area contributed by atoms with Gasteiger partial charge in [0.2, 0.25) is 0 Å². The van der Waals surface area contributed by atoms with Crippen LogP contribution in [-0.4, -0.2) is 18.7 Å². The van der Waals surface area contributed by atoms with Gasteiger partial charge in [0.15, 0.2) is 0 Å². The summed E-state index contributed by atoms with van der Waals surface area (Å²) >= 11 is 0. The Hall–Kier alpha value is -1.58. The average Bonchev–Trinajstić information content (AvgIpc) is 2.14. The van der Waals surface area contributed by atoms with Crippen molar-refractivity contribution >= 4 is 5.97 Å². The molecule has 0 heterocycles. The van der Waals surface area contributed by atoms with Crippen LogP contribution < -0.4 is 4.74 Å². The Labute approximate surface area is 94.2 Å². The van der Waals surface area contributed by atoms with Crippen LogP contribution >= 0.6 is 0 Å². The van der Waals surface area contributed by atoms with Crippen LogP contribution in [0.25, 0.3) is 0 Å². The van der Waals surface area contributed by atoms with E-state index in [1.165, 1.54) is 19.2 Å². The quantitative estimate of drug-likeness (QED) is 0.727. The number of methoxy groups -OCH3 is 1. The van der Waals surface area contributed by atoms with Gasteiger partial charge in [-0.1, -0.05) is 0 Å². The molecule has 3 nitrogen and oxygen atoms in total. The molecule has 0 fully saturated rings. The molecule has 0 N–H and O–H groups in total. The SMILES string of the molecule is COc1ccc(C(=O)OC(C)(C)C)c(F)c1. The zero-order valence-electron chi connectivity index (χ0n) is 9.83. The zero-order chi connectivity index (χ0) is 12.3. The molecule has 0 atom stereocenters. The van der Waals surface area contributed by atoms with E-state index in [2.05, 4.69) is 0 Å². The summed E-state index contributed by atoms with van der Waals surface area (Å²) in [6.45, 7) is 5.19. The summed E-state index contributed by atoms with van der Waals surface area (Å²) in [6.07, 6.45) is 0. The smallest absolute Gasteiger partial charge is 0.341 e. The maximum atomic E-state index is 13.5. The summed E-state index contributed by atoms with van der Waals surface area (Å²) in [4.78, 5) is 11.6. The number of halogens is 1. The molecule has 0 saturated carbocycles. The van der Waals surface area contributed by atoms with Gasteiger partial charge >= 0.3 is 5.97 Å². The van der Waals surface area contributed by atoms with Gasteiger partial charge in [0, 0.05) is 6.07 Å². The number of ether oxygens (including phenoxy) is 2. The Morgan fingerprint density at radius 3 is 2.38 bits per heavy atom. The maximum Gasteiger partial charge on any atom is 0.341 e. The lowest BCUT2D eigenvalue weighted by atomic mass is 10.1. The van der Waals surface area contributed by atoms with Gasteiger partial charge in [-0.15, -0.1) is 0 Å². The topological polar surface area (TPSA) is 35.5 Å². The van der Waals surface area contributed by atoms with Crippen molar-refractivity contribution in [2.45, 2.75) is 26.4 Å². The minimum Gasteiger partial charge on any atom is -0.497 e. The molecule has 0 unspecified atom stereocenters. The molecule has 0 aliphatic carbocycles. The molecule has 1 rings (SSSR count). The highest BCUT2D eigenvalue weighted by atomic mass is 19.1. The van der Waals surface area contributed by atoms with Gasteiger partial charge in [0.05, 0.1) is 12.7 Å². The van der Waals surface area contributed by atoms with Crippen LogP contribution in [0.3, 0.4) is 0 Å². The van der Waals surface area contributed by atoms with E-state index in [9.17, 15) is 9.18 Å². The molecule has 0 spiro atoms. The molecule has 4 heteroatoms. The van der Waals surface area contributed by atoms with Crippen LogP contribution in [0.5, 0.6) is 5.75 Å². The Kier molecular flexibility index (Phi) is 3.52. The third kappa shape index (κ3) is 3.22. The molecule has 88 valence electrons. The second-order valence-electron chi connectivity index (χ2n) is 4.35. The predicted molar refractivity (Wildman–Crippen MR) is 58.1 cm³/mol. The largest absolute Gasteiger partial charge is 0.497 e. The fraction of sp³-hybridized carbons (Fsp3) is 0.417. The van der Waals surface area contributed by atoms with Crippen LogP contribution in [0.1, 0.15) is 31.1 Å². The third-order valence-corrected chi connectivity index (χ3v) is 1.80. The molecule has 0 bridgehead atoms. The van der Waals surface area contributed by atoms with E-state index in [1.54, 1.807) is 20.8 Å². The Balaban J connectivity index is 2.93. The fourth-order valence-corrected chi connectivity index (χ4v) is 1.12. The lowest BCUT2D eigenvalue weighted by Gasteiger charge is -2.19. The van der Waals surface area contributed by atoms with Crippen LogP contribution in [-0.2, 0) is 4.74 Å². The van der Waals surface area contributed by atoms with Crippen LogP contribution in [0.15, 0.2) is 18.2 Å². The second kappa shape index (κ2) is 4.51. The van der Waals surface area contributed by atoms with Crippen molar-refractivity contribution in [3.63, 3.8) is 0 Å². The lowest BCUT2D eigenvalue weighted by Crippen LogP contribution is -2.24. The van der Waals surface area contributed by atoms with Crippen molar-refractivity contribution in [3.05, 3.63) is 29.6 Å². The standard InChI is InChI=1S/C12H15FO3/c1-12(2,3)16-11(14)9-6-5-8(15-4)7-10(9)13/h5-7H,1-4H3. The van der Waals surface area contributed by atoms with E-state index in [0.29, 0.717) is 5.75 Å². The fourth-order valence-electron chi connectivity index (χ4n) is 1.12. The van der Waals surface area contributed by atoms with Gasteiger partial charge < -0.3 is 9.47 Å². The Morgan fingerprint density at radius 2 is 1.94 bits per heavy atom. The second-order valence-corrected chi connectivity index (χ2v) is 4.35. The molecular formula is C12H15FO3. The first-order valence-corrected chi connectivity index (χ1v) is 4.90. The van der Waals surface area contributed by atoms with Crippen molar-refractivity contribution in [2.24, 2.45) is 0 Å². The number of esters is 1. The first kappa shape index (κ1) is 12.5. The number of benzene rings is 1. The monoisotopic (exact) mass is 226 g/mol. The highest BCUT2D eigenvalue weighted by Crippen LogP contribution is 2.19. The van der Waals surface area contributed by atoms with Crippen LogP contribution in [0.2, 0.25) is 0 Å². The van der Waals surface area contributed by atoms with Gasteiger partial charge in [-0.2, -0.15) is 0 Å². The molecule has 0 aliphatic rings. The highest BCUT2D eigenvalue weighted by Gasteiger charge is 2.20. The van der Waals surface area contributed by atoms with Crippen LogP contribution in [0.4, 0.5) is 4.39 Å². The van der Waals surface area contributed by atoms with E-state index in [0.717, 1.165) is 6.07 Å². The van der Waals surface area contributed by atoms with Gasteiger partial charge in [-0.25, -0.2) is 9.18 Å². The number of rotatable bonds is 2. The first-order chi connectivity index (χ1) is 7.33. The Morgan fingerprint density at radius 1 is 1.31 bits per heavy atom. The molecule has 0 radical (unpaired) electrons. The minimum atomic E-state index is -0.673. The van der Waals surface area contributed by atoms with Gasteiger partial charge in [-0.05, 0) is 32.9 Å². The molecule has 0 amide bonds. The summed E-state index contributed by atoms with van der Waals surface area (Å²) in [5, 5.41) is 0. The molecule has 0 aliphatic heterocycles. The molecular weight excluding hydrogens is 211 g/mol. The summed E-state index contributed by atoms with van der Waals surface area (Å²) in [5.74, 6) is -0.953. The Bertz CT molecular complexity index is 394. The summed E-state index contributed by atoms with van der Waals surface area (Å²) in [5.41, 5.74) is -0.723.